The van der Waals surface area contributed by atoms with E-state index < -0.39 is 0 Å². The van der Waals surface area contributed by atoms with Crippen LogP contribution in [-0.2, 0) is 12.8 Å². The first kappa shape index (κ1) is 13.1. The van der Waals surface area contributed by atoms with Crippen LogP contribution < -0.4 is 5.32 Å². The van der Waals surface area contributed by atoms with Gasteiger partial charge in [0, 0.05) is 10.2 Å². The molecule has 0 aliphatic heterocycles. The molecular weight excluding hydrogens is 314 g/mol. The van der Waals surface area contributed by atoms with E-state index >= 15 is 0 Å². The van der Waals surface area contributed by atoms with Crippen LogP contribution in [0.15, 0.2) is 34.8 Å². The lowest BCUT2D eigenvalue weighted by Gasteiger charge is -2.17. The number of nitriles is 1. The monoisotopic (exact) mass is 327 g/mol. The zero-order valence-electron chi connectivity index (χ0n) is 11.0. The van der Waals surface area contributed by atoms with Gasteiger partial charge in [0.25, 0.3) is 0 Å². The number of anilines is 2. The maximum Gasteiger partial charge on any atom is 0.148 e. The average molecular weight is 328 g/mol. The first-order valence-corrected chi connectivity index (χ1v) is 7.51. The lowest BCUT2D eigenvalue weighted by atomic mass is 9.95. The molecule has 20 heavy (non-hydrogen) atoms. The Hall–Kier alpha value is -1.86. The van der Waals surface area contributed by atoms with Gasteiger partial charge >= 0.3 is 0 Å². The number of hydrogen-bond donors (Lipinski definition) is 1. The Morgan fingerprint density at radius 3 is 2.80 bits per heavy atom. The first-order valence-electron chi connectivity index (χ1n) is 6.72. The number of hydrogen-bond acceptors (Lipinski definition) is 3. The number of fused-ring (bicyclic) bond motifs is 1. The molecule has 0 radical (unpaired) electrons. The Kier molecular flexibility index (Phi) is 3.70. The van der Waals surface area contributed by atoms with Crippen molar-refractivity contribution in [2.24, 2.45) is 0 Å². The van der Waals surface area contributed by atoms with Crippen LogP contribution in [0.1, 0.15) is 29.7 Å². The molecule has 1 N–H and O–H groups in total. The number of aryl methyl sites for hydroxylation is 2. The van der Waals surface area contributed by atoms with Crippen LogP contribution in [0.5, 0.6) is 0 Å². The third-order valence-corrected chi connectivity index (χ3v) is 4.24. The Morgan fingerprint density at radius 1 is 1.20 bits per heavy atom. The van der Waals surface area contributed by atoms with Crippen molar-refractivity contribution in [1.82, 2.24) is 4.98 Å². The van der Waals surface area contributed by atoms with Gasteiger partial charge in [-0.15, -0.1) is 0 Å². The van der Waals surface area contributed by atoms with Crippen LogP contribution in [-0.4, -0.2) is 4.98 Å². The fourth-order valence-corrected chi connectivity index (χ4v) is 2.89. The molecule has 1 aromatic carbocycles. The van der Waals surface area contributed by atoms with Gasteiger partial charge < -0.3 is 5.32 Å². The molecule has 0 saturated heterocycles. The molecule has 4 heteroatoms. The summed E-state index contributed by atoms with van der Waals surface area (Å²) in [5.74, 6) is 0.653. The minimum absolute atomic E-state index is 0.612. The predicted molar refractivity (Wildman–Crippen MR) is 83.0 cm³/mol. The molecule has 0 saturated carbocycles. The summed E-state index contributed by atoms with van der Waals surface area (Å²) in [7, 11) is 0. The largest absolute Gasteiger partial charge is 0.338 e. The number of rotatable bonds is 2. The maximum absolute atomic E-state index is 9.33. The molecule has 1 aliphatic rings. The molecule has 0 atom stereocenters. The standard InChI is InChI=1S/C16H14BrN3/c17-13-6-2-4-8-15(13)20-16-12(10-18)9-11-5-1-3-7-14(11)19-16/h2,4,6,8-9H,1,3,5,7H2,(H,19,20). The third-order valence-electron chi connectivity index (χ3n) is 3.55. The first-order chi connectivity index (χ1) is 9.78. The van der Waals surface area contributed by atoms with Crippen LogP contribution >= 0.6 is 15.9 Å². The lowest BCUT2D eigenvalue weighted by molar-refractivity contribution is 0.668. The second-order valence-electron chi connectivity index (χ2n) is 4.91. The third kappa shape index (κ3) is 2.54. The van der Waals surface area contributed by atoms with Crippen molar-refractivity contribution >= 4 is 27.4 Å². The SMILES string of the molecule is N#Cc1cc2c(nc1Nc1ccccc1Br)CCCC2. The molecule has 0 bridgehead atoms. The van der Waals surface area contributed by atoms with E-state index in [1.807, 2.05) is 30.3 Å². The molecule has 3 rings (SSSR count). The topological polar surface area (TPSA) is 48.7 Å². The summed E-state index contributed by atoms with van der Waals surface area (Å²) in [4.78, 5) is 4.67. The highest BCUT2D eigenvalue weighted by Gasteiger charge is 2.15. The van der Waals surface area contributed by atoms with Crippen LogP contribution in [0, 0.1) is 11.3 Å². The van der Waals surface area contributed by atoms with Crippen molar-refractivity contribution in [2.75, 3.05) is 5.32 Å². The Morgan fingerprint density at radius 2 is 2.00 bits per heavy atom. The molecule has 1 aliphatic carbocycles. The van der Waals surface area contributed by atoms with Crippen molar-refractivity contribution in [2.45, 2.75) is 25.7 Å². The zero-order valence-corrected chi connectivity index (χ0v) is 12.6. The molecule has 0 fully saturated rings. The summed E-state index contributed by atoms with van der Waals surface area (Å²) in [6, 6.07) is 12.1. The molecule has 1 aromatic heterocycles. The van der Waals surface area contributed by atoms with Crippen LogP contribution in [0.25, 0.3) is 0 Å². The van der Waals surface area contributed by atoms with Gasteiger partial charge in [-0.05, 0) is 65.4 Å². The van der Waals surface area contributed by atoms with E-state index in [9.17, 15) is 5.26 Å². The van der Waals surface area contributed by atoms with Gasteiger partial charge in [-0.2, -0.15) is 5.26 Å². The van der Waals surface area contributed by atoms with Crippen LogP contribution in [0.2, 0.25) is 0 Å². The summed E-state index contributed by atoms with van der Waals surface area (Å²) in [5.41, 5.74) is 3.89. The van der Waals surface area contributed by atoms with E-state index in [0.29, 0.717) is 11.4 Å². The summed E-state index contributed by atoms with van der Waals surface area (Å²) >= 11 is 3.50. The fourth-order valence-electron chi connectivity index (χ4n) is 2.50. The van der Waals surface area contributed by atoms with E-state index in [-0.39, 0.29) is 0 Å². The minimum Gasteiger partial charge on any atom is -0.338 e. The smallest absolute Gasteiger partial charge is 0.148 e. The quantitative estimate of drug-likeness (QED) is 0.892. The number of pyridine rings is 1. The normalized spacial score (nSPS) is 13.4. The summed E-state index contributed by atoms with van der Waals surface area (Å²) in [6.45, 7) is 0. The molecular formula is C16H14BrN3. The highest BCUT2D eigenvalue weighted by Crippen LogP contribution is 2.29. The maximum atomic E-state index is 9.33. The minimum atomic E-state index is 0.612. The molecule has 1 heterocycles. The highest BCUT2D eigenvalue weighted by molar-refractivity contribution is 9.10. The number of benzene rings is 1. The van der Waals surface area contributed by atoms with Crippen LogP contribution in [0.4, 0.5) is 11.5 Å². The Bertz CT molecular complexity index is 689. The van der Waals surface area contributed by atoms with E-state index in [2.05, 4.69) is 32.3 Å². The second kappa shape index (κ2) is 5.64. The number of aromatic nitrogens is 1. The van der Waals surface area contributed by atoms with E-state index in [0.717, 1.165) is 28.7 Å². The number of para-hydroxylation sites is 1. The van der Waals surface area contributed by atoms with Crippen molar-refractivity contribution in [3.8, 4) is 6.07 Å². The van der Waals surface area contributed by atoms with E-state index in [4.69, 9.17) is 0 Å². The molecule has 0 spiro atoms. The van der Waals surface area contributed by atoms with Crippen molar-refractivity contribution in [3.63, 3.8) is 0 Å². The number of nitrogens with one attached hydrogen (secondary N) is 1. The zero-order chi connectivity index (χ0) is 13.9. The fraction of sp³-hybridized carbons (Fsp3) is 0.250. The van der Waals surface area contributed by atoms with E-state index in [1.54, 1.807) is 0 Å². The lowest BCUT2D eigenvalue weighted by Crippen LogP contribution is -2.09. The summed E-state index contributed by atoms with van der Waals surface area (Å²) < 4.78 is 0.961. The Labute approximate surface area is 126 Å². The van der Waals surface area contributed by atoms with E-state index in [1.165, 1.54) is 18.4 Å². The van der Waals surface area contributed by atoms with Crippen molar-refractivity contribution in [3.05, 3.63) is 51.6 Å². The number of nitrogens with zero attached hydrogens (tertiary/aromatic N) is 2. The molecule has 0 amide bonds. The van der Waals surface area contributed by atoms with Gasteiger partial charge in [0.05, 0.1) is 11.3 Å². The second-order valence-corrected chi connectivity index (χ2v) is 5.77. The van der Waals surface area contributed by atoms with Gasteiger partial charge in [-0.25, -0.2) is 4.98 Å². The summed E-state index contributed by atoms with van der Waals surface area (Å²) in [5, 5.41) is 12.6. The predicted octanol–water partition coefficient (Wildman–Crippen LogP) is 4.34. The molecule has 0 unspecified atom stereocenters. The van der Waals surface area contributed by atoms with Gasteiger partial charge in [0.2, 0.25) is 0 Å². The highest BCUT2D eigenvalue weighted by atomic mass is 79.9. The average Bonchev–Trinajstić information content (AvgIpc) is 2.49. The van der Waals surface area contributed by atoms with Crippen molar-refractivity contribution in [1.29, 1.82) is 5.26 Å². The van der Waals surface area contributed by atoms with Crippen LogP contribution in [0.3, 0.4) is 0 Å². The van der Waals surface area contributed by atoms with Gasteiger partial charge in [-0.1, -0.05) is 12.1 Å². The number of halogens is 1. The molecule has 3 nitrogen and oxygen atoms in total. The molecule has 2 aromatic rings. The van der Waals surface area contributed by atoms with Gasteiger partial charge in [0.15, 0.2) is 0 Å². The van der Waals surface area contributed by atoms with Gasteiger partial charge in [0.1, 0.15) is 11.9 Å². The van der Waals surface area contributed by atoms with Crippen molar-refractivity contribution < 1.29 is 0 Å². The summed E-state index contributed by atoms with van der Waals surface area (Å²) in [6.07, 6.45) is 4.41. The Balaban J connectivity index is 2.01. The molecule has 100 valence electrons. The van der Waals surface area contributed by atoms with Gasteiger partial charge in [-0.3, -0.25) is 0 Å².